The highest BCUT2D eigenvalue weighted by molar-refractivity contribution is 9.10. The first-order chi connectivity index (χ1) is 8.08. The van der Waals surface area contributed by atoms with Gasteiger partial charge in [0, 0.05) is 28.5 Å². The molecular formula is C12H9BrFNO2. The summed E-state index contributed by atoms with van der Waals surface area (Å²) < 4.78 is 19.5. The van der Waals surface area contributed by atoms with Gasteiger partial charge in [-0.2, -0.15) is 0 Å². The van der Waals surface area contributed by atoms with E-state index in [0.29, 0.717) is 20.9 Å². The summed E-state index contributed by atoms with van der Waals surface area (Å²) in [5.41, 5.74) is 0.907. The number of ether oxygens (including phenoxy) is 1. The largest absolute Gasteiger partial charge is 0.461 e. The summed E-state index contributed by atoms with van der Waals surface area (Å²) in [6, 6.07) is 4.92. The van der Waals surface area contributed by atoms with Gasteiger partial charge in [0.05, 0.1) is 5.52 Å². The molecule has 0 radical (unpaired) electrons. The van der Waals surface area contributed by atoms with Crippen LogP contribution in [-0.4, -0.2) is 11.0 Å². The van der Waals surface area contributed by atoms with Crippen LogP contribution in [0.2, 0.25) is 0 Å². The molecule has 0 saturated heterocycles. The number of esters is 1. The smallest absolute Gasteiger partial charge is 0.302 e. The van der Waals surface area contributed by atoms with Crippen LogP contribution in [0, 0.1) is 5.82 Å². The van der Waals surface area contributed by atoms with Crippen molar-refractivity contribution in [1.29, 1.82) is 0 Å². The predicted molar refractivity (Wildman–Crippen MR) is 64.9 cm³/mol. The summed E-state index contributed by atoms with van der Waals surface area (Å²) in [7, 11) is 0. The fourth-order valence-electron chi connectivity index (χ4n) is 1.47. The minimum atomic E-state index is -0.433. The summed E-state index contributed by atoms with van der Waals surface area (Å²) >= 11 is 3.24. The van der Waals surface area contributed by atoms with Crippen molar-refractivity contribution in [2.45, 2.75) is 13.5 Å². The number of halogens is 2. The third-order valence-electron chi connectivity index (χ3n) is 2.28. The highest BCUT2D eigenvalue weighted by atomic mass is 79.9. The van der Waals surface area contributed by atoms with E-state index in [-0.39, 0.29) is 6.61 Å². The Morgan fingerprint density at radius 3 is 3.00 bits per heavy atom. The molecule has 2 rings (SSSR count). The van der Waals surface area contributed by atoms with Gasteiger partial charge >= 0.3 is 5.97 Å². The third kappa shape index (κ3) is 2.61. The molecule has 0 aliphatic rings. The number of fused-ring (bicyclic) bond motifs is 1. The van der Waals surface area contributed by atoms with Crippen molar-refractivity contribution in [2.24, 2.45) is 0 Å². The lowest BCUT2D eigenvalue weighted by Crippen LogP contribution is -2.01. The standard InChI is InChI=1S/C12H9BrFNO2/c1-7(16)17-6-8-2-3-11-10(12(8)14)4-9(13)5-15-11/h2-5H,6H2,1H3. The second-order valence-corrected chi connectivity index (χ2v) is 4.45. The normalized spacial score (nSPS) is 10.5. The quantitative estimate of drug-likeness (QED) is 0.799. The van der Waals surface area contributed by atoms with E-state index in [2.05, 4.69) is 20.9 Å². The topological polar surface area (TPSA) is 39.2 Å². The van der Waals surface area contributed by atoms with E-state index >= 15 is 0 Å². The summed E-state index contributed by atoms with van der Waals surface area (Å²) in [6.45, 7) is 1.22. The first-order valence-electron chi connectivity index (χ1n) is 4.94. The maximum atomic E-state index is 14.0. The Labute approximate surface area is 106 Å². The van der Waals surface area contributed by atoms with Crippen molar-refractivity contribution < 1.29 is 13.9 Å². The lowest BCUT2D eigenvalue weighted by Gasteiger charge is -2.06. The molecule has 1 aromatic heterocycles. The lowest BCUT2D eigenvalue weighted by atomic mass is 10.1. The Bertz CT molecular complexity index is 586. The van der Waals surface area contributed by atoms with Gasteiger partial charge in [-0.1, -0.05) is 6.07 Å². The maximum Gasteiger partial charge on any atom is 0.302 e. The molecular weight excluding hydrogens is 289 g/mol. The highest BCUT2D eigenvalue weighted by Crippen LogP contribution is 2.23. The molecule has 0 aliphatic heterocycles. The second kappa shape index (κ2) is 4.79. The number of hydrogen-bond donors (Lipinski definition) is 0. The van der Waals surface area contributed by atoms with Crippen LogP contribution in [0.25, 0.3) is 10.9 Å². The highest BCUT2D eigenvalue weighted by Gasteiger charge is 2.09. The van der Waals surface area contributed by atoms with Crippen LogP contribution in [-0.2, 0) is 16.1 Å². The average Bonchev–Trinajstić information content (AvgIpc) is 2.29. The molecule has 0 bridgehead atoms. The molecule has 0 fully saturated rings. The van der Waals surface area contributed by atoms with E-state index in [1.165, 1.54) is 6.92 Å². The van der Waals surface area contributed by atoms with Gasteiger partial charge in [-0.25, -0.2) is 4.39 Å². The first-order valence-corrected chi connectivity index (χ1v) is 5.73. The van der Waals surface area contributed by atoms with Crippen molar-refractivity contribution in [3.63, 3.8) is 0 Å². The minimum absolute atomic E-state index is 0.0659. The zero-order valence-electron chi connectivity index (χ0n) is 9.04. The van der Waals surface area contributed by atoms with E-state index < -0.39 is 11.8 Å². The Hall–Kier alpha value is -1.49. The fraction of sp³-hybridized carbons (Fsp3) is 0.167. The van der Waals surface area contributed by atoms with Gasteiger partial charge in [0.2, 0.25) is 0 Å². The van der Waals surface area contributed by atoms with Crippen LogP contribution in [0.4, 0.5) is 4.39 Å². The molecule has 17 heavy (non-hydrogen) atoms. The minimum Gasteiger partial charge on any atom is -0.461 e. The molecule has 1 aromatic carbocycles. The van der Waals surface area contributed by atoms with Gasteiger partial charge in [-0.3, -0.25) is 9.78 Å². The van der Waals surface area contributed by atoms with Gasteiger partial charge in [0.15, 0.2) is 0 Å². The Balaban J connectivity index is 2.45. The number of rotatable bonds is 2. The van der Waals surface area contributed by atoms with Crippen molar-refractivity contribution in [2.75, 3.05) is 0 Å². The third-order valence-corrected chi connectivity index (χ3v) is 2.71. The number of hydrogen-bond acceptors (Lipinski definition) is 3. The van der Waals surface area contributed by atoms with E-state index in [1.54, 1.807) is 24.4 Å². The molecule has 0 saturated carbocycles. The summed E-state index contributed by atoms with van der Waals surface area (Å²) in [5.74, 6) is -0.839. The monoisotopic (exact) mass is 297 g/mol. The van der Waals surface area contributed by atoms with E-state index in [1.807, 2.05) is 0 Å². The number of benzene rings is 1. The van der Waals surface area contributed by atoms with Crippen LogP contribution in [0.5, 0.6) is 0 Å². The molecule has 0 aliphatic carbocycles. The predicted octanol–water partition coefficient (Wildman–Crippen LogP) is 3.20. The molecule has 2 aromatic rings. The average molecular weight is 298 g/mol. The molecule has 5 heteroatoms. The number of nitrogens with zero attached hydrogens (tertiary/aromatic N) is 1. The first kappa shape index (κ1) is 12.0. The van der Waals surface area contributed by atoms with Crippen molar-refractivity contribution >= 4 is 32.8 Å². The zero-order chi connectivity index (χ0) is 12.4. The SMILES string of the molecule is CC(=O)OCc1ccc2ncc(Br)cc2c1F. The number of carbonyl (C=O) groups is 1. The van der Waals surface area contributed by atoms with Crippen LogP contribution in [0.15, 0.2) is 28.9 Å². The molecule has 88 valence electrons. The van der Waals surface area contributed by atoms with E-state index in [4.69, 9.17) is 4.74 Å². The summed E-state index contributed by atoms with van der Waals surface area (Å²) in [4.78, 5) is 14.8. The van der Waals surface area contributed by atoms with Crippen LogP contribution >= 0.6 is 15.9 Å². The van der Waals surface area contributed by atoms with Crippen LogP contribution in [0.3, 0.4) is 0 Å². The second-order valence-electron chi connectivity index (χ2n) is 3.54. The number of pyridine rings is 1. The Morgan fingerprint density at radius 2 is 2.29 bits per heavy atom. The molecule has 3 nitrogen and oxygen atoms in total. The molecule has 0 spiro atoms. The van der Waals surface area contributed by atoms with Gasteiger partial charge in [0.25, 0.3) is 0 Å². The number of aromatic nitrogens is 1. The van der Waals surface area contributed by atoms with Crippen LogP contribution in [0.1, 0.15) is 12.5 Å². The van der Waals surface area contributed by atoms with E-state index in [9.17, 15) is 9.18 Å². The summed E-state index contributed by atoms with van der Waals surface area (Å²) in [6.07, 6.45) is 1.60. The summed E-state index contributed by atoms with van der Waals surface area (Å²) in [5, 5.41) is 0.407. The molecule has 0 unspecified atom stereocenters. The van der Waals surface area contributed by atoms with Crippen molar-refractivity contribution in [3.05, 3.63) is 40.2 Å². The van der Waals surface area contributed by atoms with Gasteiger partial charge in [0.1, 0.15) is 12.4 Å². The van der Waals surface area contributed by atoms with Crippen molar-refractivity contribution in [1.82, 2.24) is 4.98 Å². The zero-order valence-corrected chi connectivity index (χ0v) is 10.6. The maximum absolute atomic E-state index is 14.0. The fourth-order valence-corrected chi connectivity index (χ4v) is 1.81. The van der Waals surface area contributed by atoms with Crippen molar-refractivity contribution in [3.8, 4) is 0 Å². The van der Waals surface area contributed by atoms with Gasteiger partial charge in [-0.15, -0.1) is 0 Å². The molecule has 1 heterocycles. The van der Waals surface area contributed by atoms with Gasteiger partial charge in [-0.05, 0) is 28.1 Å². The Morgan fingerprint density at radius 1 is 1.53 bits per heavy atom. The lowest BCUT2D eigenvalue weighted by molar-refractivity contribution is -0.142. The molecule has 0 atom stereocenters. The molecule has 0 N–H and O–H groups in total. The number of carbonyl (C=O) groups excluding carboxylic acids is 1. The molecule has 0 amide bonds. The van der Waals surface area contributed by atoms with Crippen LogP contribution < -0.4 is 0 Å². The Kier molecular flexibility index (Phi) is 3.38. The van der Waals surface area contributed by atoms with E-state index in [0.717, 1.165) is 0 Å². The van der Waals surface area contributed by atoms with Gasteiger partial charge < -0.3 is 4.74 Å².